The molecule has 1 heterocycles. The Hall–Kier alpha value is -2.34. The highest BCUT2D eigenvalue weighted by Gasteiger charge is 2.14. The second-order valence-electron chi connectivity index (χ2n) is 4.78. The van der Waals surface area contributed by atoms with Crippen LogP contribution in [0.5, 0.6) is 5.75 Å². The quantitative estimate of drug-likeness (QED) is 0.940. The third-order valence-corrected chi connectivity index (χ3v) is 3.49. The van der Waals surface area contributed by atoms with Crippen LogP contribution in [0.2, 0.25) is 5.02 Å². The largest absolute Gasteiger partial charge is 0.495 e. The first-order valence-electron chi connectivity index (χ1n) is 6.62. The van der Waals surface area contributed by atoms with Crippen LogP contribution in [0.4, 0.5) is 10.5 Å². The fourth-order valence-corrected chi connectivity index (χ4v) is 2.02. The van der Waals surface area contributed by atoms with Gasteiger partial charge in [0.25, 0.3) is 0 Å². The maximum Gasteiger partial charge on any atom is 0.322 e. The van der Waals surface area contributed by atoms with E-state index >= 15 is 0 Å². The Kier molecular flexibility index (Phi) is 5.16. The van der Waals surface area contributed by atoms with E-state index < -0.39 is 0 Å². The van der Waals surface area contributed by atoms with Crippen LogP contribution in [0.3, 0.4) is 0 Å². The molecule has 0 aliphatic rings. The van der Waals surface area contributed by atoms with Gasteiger partial charge in [0.05, 0.1) is 31.2 Å². The number of amides is 2. The summed E-state index contributed by atoms with van der Waals surface area (Å²) in [5.74, 6) is 0.511. The number of halogens is 1. The van der Waals surface area contributed by atoms with Crippen molar-refractivity contribution in [2.45, 2.75) is 13.5 Å². The minimum atomic E-state index is -0.273. The Labute approximate surface area is 134 Å². The lowest BCUT2D eigenvalue weighted by Gasteiger charge is -2.19. The average molecular weight is 321 g/mol. The summed E-state index contributed by atoms with van der Waals surface area (Å²) in [6, 6.07) is 3.18. The molecule has 22 heavy (non-hydrogen) atoms. The summed E-state index contributed by atoms with van der Waals surface area (Å²) in [7, 11) is 3.21. The summed E-state index contributed by atoms with van der Waals surface area (Å²) < 4.78 is 5.24. The van der Waals surface area contributed by atoms with Gasteiger partial charge >= 0.3 is 6.03 Å². The van der Waals surface area contributed by atoms with Crippen LogP contribution in [0.1, 0.15) is 11.3 Å². The molecular formula is C15H17ClN4O2. The molecule has 0 saturated carbocycles. The van der Waals surface area contributed by atoms with Crippen LogP contribution in [0.25, 0.3) is 0 Å². The molecule has 0 fully saturated rings. The van der Waals surface area contributed by atoms with Crippen LogP contribution < -0.4 is 10.1 Å². The Balaban J connectivity index is 2.10. The number of carbonyl (C=O) groups is 1. The van der Waals surface area contributed by atoms with E-state index in [1.807, 2.05) is 6.92 Å². The molecule has 0 bridgehead atoms. The maximum absolute atomic E-state index is 12.3. The van der Waals surface area contributed by atoms with E-state index in [2.05, 4.69) is 15.3 Å². The summed E-state index contributed by atoms with van der Waals surface area (Å²) >= 11 is 6.05. The Morgan fingerprint density at radius 1 is 1.41 bits per heavy atom. The van der Waals surface area contributed by atoms with Gasteiger partial charge in [-0.25, -0.2) is 4.79 Å². The van der Waals surface area contributed by atoms with Gasteiger partial charge in [0.1, 0.15) is 5.75 Å². The molecule has 1 aromatic carbocycles. The van der Waals surface area contributed by atoms with Crippen LogP contribution >= 0.6 is 11.6 Å². The summed E-state index contributed by atoms with van der Waals surface area (Å²) in [5, 5.41) is 3.39. The highest BCUT2D eigenvalue weighted by atomic mass is 35.5. The SMILES string of the molecule is COc1cc(Cl)c(C)cc1NC(=O)N(C)Cc1cnccn1. The number of methoxy groups -OCH3 is 1. The van der Waals surface area contributed by atoms with Crippen LogP contribution in [-0.2, 0) is 6.54 Å². The monoisotopic (exact) mass is 320 g/mol. The minimum absolute atomic E-state index is 0.273. The zero-order valence-corrected chi connectivity index (χ0v) is 13.4. The molecule has 6 nitrogen and oxygen atoms in total. The summed E-state index contributed by atoms with van der Waals surface area (Å²) in [4.78, 5) is 21.9. The predicted molar refractivity (Wildman–Crippen MR) is 85.3 cm³/mol. The third kappa shape index (κ3) is 3.85. The fourth-order valence-electron chi connectivity index (χ4n) is 1.87. The lowest BCUT2D eigenvalue weighted by atomic mass is 10.2. The van der Waals surface area contributed by atoms with E-state index in [1.165, 1.54) is 12.0 Å². The molecule has 116 valence electrons. The van der Waals surface area contributed by atoms with Crippen molar-refractivity contribution in [2.24, 2.45) is 0 Å². The molecule has 0 aliphatic carbocycles. The maximum atomic E-state index is 12.3. The van der Waals surface area contributed by atoms with Gasteiger partial charge in [-0.05, 0) is 18.6 Å². The number of benzene rings is 1. The normalized spacial score (nSPS) is 10.2. The van der Waals surface area contributed by atoms with Crippen LogP contribution in [0, 0.1) is 6.92 Å². The zero-order valence-electron chi connectivity index (χ0n) is 12.6. The van der Waals surface area contributed by atoms with E-state index in [0.29, 0.717) is 28.7 Å². The molecule has 0 saturated heterocycles. The minimum Gasteiger partial charge on any atom is -0.495 e. The molecule has 1 N–H and O–H groups in total. The first-order valence-corrected chi connectivity index (χ1v) is 7.00. The highest BCUT2D eigenvalue weighted by Crippen LogP contribution is 2.31. The number of hydrogen-bond acceptors (Lipinski definition) is 4. The first kappa shape index (κ1) is 16.0. The van der Waals surface area contributed by atoms with Crippen molar-refractivity contribution in [2.75, 3.05) is 19.5 Å². The van der Waals surface area contributed by atoms with E-state index in [9.17, 15) is 4.79 Å². The number of aromatic nitrogens is 2. The summed E-state index contributed by atoms with van der Waals surface area (Å²) in [6.07, 6.45) is 4.80. The Bertz CT molecular complexity index is 664. The highest BCUT2D eigenvalue weighted by molar-refractivity contribution is 6.31. The van der Waals surface area contributed by atoms with Crippen LogP contribution in [0.15, 0.2) is 30.7 Å². The number of carbonyl (C=O) groups excluding carboxylic acids is 1. The number of aryl methyl sites for hydroxylation is 1. The standard InChI is InChI=1S/C15H17ClN4O2/c1-10-6-13(14(22-3)7-12(10)16)19-15(21)20(2)9-11-8-17-4-5-18-11/h4-8H,9H2,1-3H3,(H,19,21). The lowest BCUT2D eigenvalue weighted by Crippen LogP contribution is -2.31. The molecule has 2 amide bonds. The van der Waals surface area contributed by atoms with E-state index in [0.717, 1.165) is 5.56 Å². The molecule has 0 aliphatic heterocycles. The number of rotatable bonds is 4. The fraction of sp³-hybridized carbons (Fsp3) is 0.267. The molecule has 0 unspecified atom stereocenters. The van der Waals surface area contributed by atoms with Crippen molar-refractivity contribution in [3.63, 3.8) is 0 Å². The van der Waals surface area contributed by atoms with Gasteiger partial charge in [-0.1, -0.05) is 11.6 Å². The number of nitrogens with one attached hydrogen (secondary N) is 1. The Morgan fingerprint density at radius 3 is 2.82 bits per heavy atom. The van der Waals surface area contributed by atoms with Gasteiger partial charge in [0, 0.05) is 30.5 Å². The van der Waals surface area contributed by atoms with Crippen molar-refractivity contribution < 1.29 is 9.53 Å². The molecule has 0 spiro atoms. The van der Waals surface area contributed by atoms with Crippen LogP contribution in [-0.4, -0.2) is 35.1 Å². The smallest absolute Gasteiger partial charge is 0.322 e. The molecule has 7 heteroatoms. The lowest BCUT2D eigenvalue weighted by molar-refractivity contribution is 0.220. The number of anilines is 1. The van der Waals surface area contributed by atoms with Gasteiger partial charge in [-0.2, -0.15) is 0 Å². The summed E-state index contributed by atoms with van der Waals surface area (Å²) in [6.45, 7) is 2.22. The van der Waals surface area contributed by atoms with Gasteiger partial charge in [0.15, 0.2) is 0 Å². The molecular weight excluding hydrogens is 304 g/mol. The number of urea groups is 1. The molecule has 1 aromatic heterocycles. The summed E-state index contributed by atoms with van der Waals surface area (Å²) in [5.41, 5.74) is 2.13. The van der Waals surface area contributed by atoms with Crippen molar-refractivity contribution in [1.29, 1.82) is 0 Å². The number of nitrogens with zero attached hydrogens (tertiary/aromatic N) is 3. The van der Waals surface area contributed by atoms with Gasteiger partial charge in [-0.15, -0.1) is 0 Å². The second-order valence-corrected chi connectivity index (χ2v) is 5.19. The third-order valence-electron chi connectivity index (χ3n) is 3.08. The number of ether oxygens (including phenoxy) is 1. The van der Waals surface area contributed by atoms with Crippen molar-refractivity contribution in [3.05, 3.63) is 47.0 Å². The molecule has 0 radical (unpaired) electrons. The molecule has 2 rings (SSSR count). The average Bonchev–Trinajstić information content (AvgIpc) is 2.51. The van der Waals surface area contributed by atoms with Gasteiger partial charge in [0.2, 0.25) is 0 Å². The van der Waals surface area contributed by atoms with Crippen molar-refractivity contribution in [3.8, 4) is 5.75 Å². The van der Waals surface area contributed by atoms with E-state index in [4.69, 9.17) is 16.3 Å². The van der Waals surface area contributed by atoms with E-state index in [-0.39, 0.29) is 6.03 Å². The topological polar surface area (TPSA) is 67.3 Å². The van der Waals surface area contributed by atoms with Crippen molar-refractivity contribution >= 4 is 23.3 Å². The zero-order chi connectivity index (χ0) is 16.1. The predicted octanol–water partition coefficient (Wildman–Crippen LogP) is 3.11. The van der Waals surface area contributed by atoms with Gasteiger partial charge < -0.3 is 15.0 Å². The number of hydrogen-bond donors (Lipinski definition) is 1. The first-order chi connectivity index (χ1) is 10.5. The van der Waals surface area contributed by atoms with Gasteiger partial charge in [-0.3, -0.25) is 9.97 Å². The molecule has 2 aromatic rings. The molecule has 0 atom stereocenters. The van der Waals surface area contributed by atoms with E-state index in [1.54, 1.807) is 37.8 Å². The van der Waals surface area contributed by atoms with Crippen molar-refractivity contribution in [1.82, 2.24) is 14.9 Å². The second kappa shape index (κ2) is 7.09. The Morgan fingerprint density at radius 2 is 2.18 bits per heavy atom.